The first-order valence-electron chi connectivity index (χ1n) is 8.07. The number of nitrogens with zero attached hydrogens (tertiary/aromatic N) is 2. The van der Waals surface area contributed by atoms with Crippen LogP contribution in [0.2, 0.25) is 5.02 Å². The first-order valence-corrected chi connectivity index (χ1v) is 8.45. The largest absolute Gasteiger partial charge is 0.489 e. The lowest BCUT2D eigenvalue weighted by Gasteiger charge is -2.11. The van der Waals surface area contributed by atoms with Crippen molar-refractivity contribution in [2.75, 3.05) is 12.4 Å². The molecule has 1 aromatic heterocycles. The Morgan fingerprint density at radius 2 is 1.96 bits per heavy atom. The molecule has 0 aliphatic carbocycles. The summed E-state index contributed by atoms with van der Waals surface area (Å²) in [5.74, 6) is 1.61. The average Bonchev–Trinajstić information content (AvgIpc) is 3.06. The predicted octanol–water partition coefficient (Wildman–Crippen LogP) is 5.19. The molecule has 0 amide bonds. The summed E-state index contributed by atoms with van der Waals surface area (Å²) < 4.78 is 11.1. The lowest BCUT2D eigenvalue weighted by Crippen LogP contribution is -2.05. The van der Waals surface area contributed by atoms with Crippen molar-refractivity contribution in [3.05, 3.63) is 47.0 Å². The van der Waals surface area contributed by atoms with Gasteiger partial charge in [0.2, 0.25) is 5.82 Å². The molecule has 0 aliphatic heterocycles. The van der Waals surface area contributed by atoms with Gasteiger partial charge in [-0.3, -0.25) is 0 Å². The number of anilines is 1. The first kappa shape index (κ1) is 17.3. The monoisotopic (exact) mass is 357 g/mol. The van der Waals surface area contributed by atoms with Crippen molar-refractivity contribution in [3.63, 3.8) is 0 Å². The number of hydrogen-bond donors (Lipinski definition) is 1. The number of rotatable bonds is 5. The average molecular weight is 358 g/mol. The topological polar surface area (TPSA) is 60.2 Å². The zero-order chi connectivity index (χ0) is 18.0. The Bertz CT molecular complexity index is 890. The summed E-state index contributed by atoms with van der Waals surface area (Å²) >= 11 is 6.29. The quantitative estimate of drug-likeness (QED) is 0.680. The number of halogens is 1. The lowest BCUT2D eigenvalue weighted by molar-refractivity contribution is 0.242. The second-order valence-electron chi connectivity index (χ2n) is 6.01. The van der Waals surface area contributed by atoms with Crippen LogP contribution in [0.25, 0.3) is 22.8 Å². The maximum atomic E-state index is 6.29. The standard InChI is InChI=1S/C19H20ClN3O2/c1-11(2)24-17-8-5-13(10-16(17)20)18-22-19(25-23-18)15-7-6-14(21-4)9-12(15)3/h5-11,21H,1-4H3. The second-order valence-corrected chi connectivity index (χ2v) is 6.42. The van der Waals surface area contributed by atoms with Crippen molar-refractivity contribution < 1.29 is 9.26 Å². The summed E-state index contributed by atoms with van der Waals surface area (Å²) in [6, 6.07) is 11.4. The Morgan fingerprint density at radius 1 is 1.16 bits per heavy atom. The molecule has 1 heterocycles. The van der Waals surface area contributed by atoms with Crippen LogP contribution in [0.15, 0.2) is 40.9 Å². The molecular weight excluding hydrogens is 338 g/mol. The second kappa shape index (κ2) is 7.15. The first-order chi connectivity index (χ1) is 12.0. The van der Waals surface area contributed by atoms with Crippen molar-refractivity contribution in [1.82, 2.24) is 10.1 Å². The maximum Gasteiger partial charge on any atom is 0.258 e. The Kier molecular flexibility index (Phi) is 4.95. The third-order valence-corrected chi connectivity index (χ3v) is 4.02. The lowest BCUT2D eigenvalue weighted by atomic mass is 10.1. The Morgan fingerprint density at radius 3 is 2.60 bits per heavy atom. The van der Waals surface area contributed by atoms with Crippen LogP contribution < -0.4 is 10.1 Å². The minimum absolute atomic E-state index is 0.0590. The number of ether oxygens (including phenoxy) is 1. The predicted molar refractivity (Wildman–Crippen MR) is 100 cm³/mol. The third kappa shape index (κ3) is 3.77. The van der Waals surface area contributed by atoms with Crippen LogP contribution in [0.4, 0.5) is 5.69 Å². The summed E-state index contributed by atoms with van der Waals surface area (Å²) in [6.45, 7) is 5.92. The SMILES string of the molecule is CNc1ccc(-c2nc(-c3ccc(OC(C)C)c(Cl)c3)no2)c(C)c1. The van der Waals surface area contributed by atoms with Crippen molar-refractivity contribution >= 4 is 17.3 Å². The van der Waals surface area contributed by atoms with E-state index < -0.39 is 0 Å². The molecule has 0 saturated heterocycles. The smallest absolute Gasteiger partial charge is 0.258 e. The minimum atomic E-state index is 0.0590. The van der Waals surface area contributed by atoms with Gasteiger partial charge < -0.3 is 14.6 Å². The summed E-state index contributed by atoms with van der Waals surface area (Å²) in [5, 5.41) is 7.71. The summed E-state index contributed by atoms with van der Waals surface area (Å²) in [5.41, 5.74) is 3.78. The van der Waals surface area contributed by atoms with E-state index >= 15 is 0 Å². The van der Waals surface area contributed by atoms with Crippen LogP contribution in [0.3, 0.4) is 0 Å². The zero-order valence-electron chi connectivity index (χ0n) is 14.6. The normalized spacial score (nSPS) is 11.0. The molecule has 6 heteroatoms. The van der Waals surface area contributed by atoms with Gasteiger partial charge in [-0.05, 0) is 62.7 Å². The van der Waals surface area contributed by atoms with Crippen molar-refractivity contribution in [1.29, 1.82) is 0 Å². The number of nitrogens with one attached hydrogen (secondary N) is 1. The number of aryl methyl sites for hydroxylation is 1. The van der Waals surface area contributed by atoms with E-state index in [9.17, 15) is 0 Å². The Hall–Kier alpha value is -2.53. The van der Waals surface area contributed by atoms with E-state index in [0.717, 1.165) is 22.4 Å². The molecule has 0 saturated carbocycles. The molecule has 2 aromatic carbocycles. The van der Waals surface area contributed by atoms with Gasteiger partial charge in [-0.25, -0.2) is 0 Å². The van der Waals surface area contributed by atoms with E-state index in [1.54, 1.807) is 6.07 Å². The zero-order valence-corrected chi connectivity index (χ0v) is 15.4. The molecule has 3 aromatic rings. The summed E-state index contributed by atoms with van der Waals surface area (Å²) in [6.07, 6.45) is 0.0590. The molecule has 0 spiro atoms. The number of benzene rings is 2. The highest BCUT2D eigenvalue weighted by Crippen LogP contribution is 2.31. The molecule has 25 heavy (non-hydrogen) atoms. The highest BCUT2D eigenvalue weighted by Gasteiger charge is 2.14. The molecule has 0 bridgehead atoms. The number of aromatic nitrogens is 2. The summed E-state index contributed by atoms with van der Waals surface area (Å²) in [7, 11) is 1.88. The van der Waals surface area contributed by atoms with E-state index in [1.807, 2.05) is 58.2 Å². The van der Waals surface area contributed by atoms with Gasteiger partial charge in [-0.2, -0.15) is 4.98 Å². The highest BCUT2D eigenvalue weighted by atomic mass is 35.5. The number of hydrogen-bond acceptors (Lipinski definition) is 5. The molecule has 0 unspecified atom stereocenters. The molecular formula is C19H20ClN3O2. The fourth-order valence-electron chi connectivity index (χ4n) is 2.50. The van der Waals surface area contributed by atoms with Crippen molar-refractivity contribution in [2.24, 2.45) is 0 Å². The van der Waals surface area contributed by atoms with Crippen molar-refractivity contribution in [3.8, 4) is 28.6 Å². The van der Waals surface area contributed by atoms with Gasteiger partial charge in [-0.1, -0.05) is 16.8 Å². The van der Waals surface area contributed by atoms with E-state index in [-0.39, 0.29) is 6.10 Å². The fourth-order valence-corrected chi connectivity index (χ4v) is 2.72. The van der Waals surface area contributed by atoms with Gasteiger partial charge in [0.05, 0.1) is 11.1 Å². The van der Waals surface area contributed by atoms with E-state index in [0.29, 0.717) is 22.5 Å². The van der Waals surface area contributed by atoms with Crippen molar-refractivity contribution in [2.45, 2.75) is 26.9 Å². The minimum Gasteiger partial charge on any atom is -0.489 e. The Balaban J connectivity index is 1.90. The molecule has 0 atom stereocenters. The summed E-state index contributed by atoms with van der Waals surface area (Å²) in [4.78, 5) is 4.50. The van der Waals surface area contributed by atoms with Crippen LogP contribution in [0.5, 0.6) is 5.75 Å². The molecule has 1 N–H and O–H groups in total. The van der Waals surface area contributed by atoms with Crippen LogP contribution in [0.1, 0.15) is 19.4 Å². The molecule has 130 valence electrons. The molecule has 0 radical (unpaired) electrons. The molecule has 3 rings (SSSR count). The third-order valence-electron chi connectivity index (χ3n) is 3.72. The molecule has 0 fully saturated rings. The van der Waals surface area contributed by atoms with Gasteiger partial charge in [0.15, 0.2) is 0 Å². The van der Waals surface area contributed by atoms with Gasteiger partial charge >= 0.3 is 0 Å². The van der Waals surface area contributed by atoms with Gasteiger partial charge in [0, 0.05) is 23.9 Å². The molecule has 5 nitrogen and oxygen atoms in total. The van der Waals surface area contributed by atoms with Crippen LogP contribution >= 0.6 is 11.6 Å². The Labute approximate surface area is 152 Å². The van der Waals surface area contributed by atoms with Crippen LogP contribution in [0, 0.1) is 6.92 Å². The van der Waals surface area contributed by atoms with Gasteiger partial charge in [-0.15, -0.1) is 0 Å². The maximum absolute atomic E-state index is 6.29. The van der Waals surface area contributed by atoms with Gasteiger partial charge in [0.1, 0.15) is 5.75 Å². The fraction of sp³-hybridized carbons (Fsp3) is 0.263. The van der Waals surface area contributed by atoms with Gasteiger partial charge in [0.25, 0.3) is 5.89 Å². The van der Waals surface area contributed by atoms with E-state index in [2.05, 4.69) is 15.5 Å². The van der Waals surface area contributed by atoms with Crippen LogP contribution in [-0.2, 0) is 0 Å². The van der Waals surface area contributed by atoms with Crippen LogP contribution in [-0.4, -0.2) is 23.3 Å². The highest BCUT2D eigenvalue weighted by molar-refractivity contribution is 6.32. The molecule has 0 aliphatic rings. The van der Waals surface area contributed by atoms with E-state index in [4.69, 9.17) is 20.9 Å². The van der Waals surface area contributed by atoms with E-state index in [1.165, 1.54) is 0 Å².